The maximum Gasteiger partial charge on any atom is 0.138 e. The molecule has 94 valence electrons. The molecule has 0 aliphatic carbocycles. The molecule has 0 saturated carbocycles. The normalized spacial score (nSPS) is 13.5. The third kappa shape index (κ3) is 4.88. The quantitative estimate of drug-likeness (QED) is 0.891. The van der Waals surface area contributed by atoms with E-state index in [-0.39, 0.29) is 17.2 Å². The predicted octanol–water partition coefficient (Wildman–Crippen LogP) is 3.40. The minimum atomic E-state index is -0.105. The van der Waals surface area contributed by atoms with Gasteiger partial charge in [0.1, 0.15) is 5.78 Å². The lowest BCUT2D eigenvalue weighted by molar-refractivity contribution is -0.118. The van der Waals surface area contributed by atoms with Gasteiger partial charge in [0.25, 0.3) is 0 Å². The average Bonchev–Trinajstić information content (AvgIpc) is 2.18. The molecule has 0 saturated heterocycles. The molecule has 1 aromatic rings. The largest absolute Gasteiger partial charge is 0.311 e. The highest BCUT2D eigenvalue weighted by molar-refractivity contribution is 6.30. The molecule has 1 aromatic carbocycles. The van der Waals surface area contributed by atoms with Gasteiger partial charge >= 0.3 is 0 Å². The zero-order valence-electron chi connectivity index (χ0n) is 10.9. The van der Waals surface area contributed by atoms with Crippen LogP contribution in [0, 0.1) is 0 Å². The first-order valence-electron chi connectivity index (χ1n) is 5.80. The van der Waals surface area contributed by atoms with Crippen molar-refractivity contribution in [3.8, 4) is 0 Å². The summed E-state index contributed by atoms with van der Waals surface area (Å²) in [5, 5.41) is 4.06. The second kappa shape index (κ2) is 5.65. The summed E-state index contributed by atoms with van der Waals surface area (Å²) < 4.78 is 0. The van der Waals surface area contributed by atoms with E-state index in [2.05, 4.69) is 26.1 Å². The first kappa shape index (κ1) is 14.2. The molecule has 1 rings (SSSR count). The molecule has 0 amide bonds. The second-order valence-corrected chi connectivity index (χ2v) is 5.78. The molecule has 2 nitrogen and oxygen atoms in total. The van der Waals surface area contributed by atoms with Gasteiger partial charge in [-0.25, -0.2) is 0 Å². The van der Waals surface area contributed by atoms with E-state index in [4.69, 9.17) is 11.6 Å². The lowest BCUT2D eigenvalue weighted by Crippen LogP contribution is -2.39. The Labute approximate surface area is 108 Å². The number of hydrogen-bond donors (Lipinski definition) is 1. The van der Waals surface area contributed by atoms with E-state index >= 15 is 0 Å². The van der Waals surface area contributed by atoms with E-state index < -0.39 is 0 Å². The van der Waals surface area contributed by atoms with Crippen LogP contribution in [0.25, 0.3) is 0 Å². The highest BCUT2D eigenvalue weighted by Gasteiger charge is 2.19. The van der Waals surface area contributed by atoms with Gasteiger partial charge < -0.3 is 5.32 Å². The molecule has 0 heterocycles. The number of hydrogen-bond acceptors (Lipinski definition) is 2. The van der Waals surface area contributed by atoms with E-state index in [1.807, 2.05) is 24.3 Å². The van der Waals surface area contributed by atoms with Crippen molar-refractivity contribution in [1.29, 1.82) is 0 Å². The van der Waals surface area contributed by atoms with Crippen molar-refractivity contribution in [2.75, 3.05) is 6.54 Å². The van der Waals surface area contributed by atoms with Crippen LogP contribution in [-0.2, 0) is 4.79 Å². The standard InChI is InChI=1S/C14H20ClNO/c1-10(17)13(9-16-14(2,3)4)11-5-7-12(15)8-6-11/h5-8,13,16H,9H2,1-4H3. The SMILES string of the molecule is CC(=O)C(CNC(C)(C)C)c1ccc(Cl)cc1. The van der Waals surface area contributed by atoms with E-state index in [1.165, 1.54) is 0 Å². The minimum Gasteiger partial charge on any atom is -0.311 e. The van der Waals surface area contributed by atoms with Crippen molar-refractivity contribution in [2.45, 2.75) is 39.2 Å². The van der Waals surface area contributed by atoms with E-state index in [1.54, 1.807) is 6.92 Å². The molecule has 0 aliphatic heterocycles. The van der Waals surface area contributed by atoms with E-state index in [0.29, 0.717) is 11.6 Å². The third-order valence-electron chi connectivity index (χ3n) is 2.60. The van der Waals surface area contributed by atoms with Gasteiger partial charge in [-0.3, -0.25) is 4.79 Å². The van der Waals surface area contributed by atoms with Crippen LogP contribution in [0.15, 0.2) is 24.3 Å². The maximum atomic E-state index is 11.7. The summed E-state index contributed by atoms with van der Waals surface area (Å²) in [6.07, 6.45) is 0. The van der Waals surface area contributed by atoms with E-state index in [0.717, 1.165) is 5.56 Å². The maximum absolute atomic E-state index is 11.7. The number of carbonyl (C=O) groups excluding carboxylic acids is 1. The van der Waals surface area contributed by atoms with Crippen LogP contribution in [0.3, 0.4) is 0 Å². The van der Waals surface area contributed by atoms with Gasteiger partial charge in [-0.15, -0.1) is 0 Å². The summed E-state index contributed by atoms with van der Waals surface area (Å²) in [4.78, 5) is 11.7. The molecule has 0 aromatic heterocycles. The molecule has 1 N–H and O–H groups in total. The molecule has 0 bridgehead atoms. The molecular formula is C14H20ClNO. The molecule has 3 heteroatoms. The highest BCUT2D eigenvalue weighted by Crippen LogP contribution is 2.19. The number of Topliss-reactive ketones (excluding diaryl/α,β-unsaturated/α-hetero) is 1. The fourth-order valence-electron chi connectivity index (χ4n) is 1.60. The van der Waals surface area contributed by atoms with Gasteiger partial charge in [0.05, 0.1) is 5.92 Å². The Morgan fingerprint density at radius 1 is 1.29 bits per heavy atom. The molecule has 0 spiro atoms. The zero-order valence-corrected chi connectivity index (χ0v) is 11.6. The fourth-order valence-corrected chi connectivity index (χ4v) is 1.73. The Kier molecular flexibility index (Phi) is 4.72. The molecule has 0 fully saturated rings. The van der Waals surface area contributed by atoms with Gasteiger partial charge in [0.15, 0.2) is 0 Å². The molecule has 0 aliphatic rings. The number of halogens is 1. The van der Waals surface area contributed by atoms with Gasteiger partial charge in [-0.05, 0) is 45.4 Å². The number of benzene rings is 1. The second-order valence-electron chi connectivity index (χ2n) is 5.35. The lowest BCUT2D eigenvalue weighted by Gasteiger charge is -2.24. The minimum absolute atomic E-state index is 0.0140. The monoisotopic (exact) mass is 253 g/mol. The summed E-state index contributed by atoms with van der Waals surface area (Å²) in [7, 11) is 0. The van der Waals surface area contributed by atoms with Gasteiger partial charge in [-0.1, -0.05) is 23.7 Å². The van der Waals surface area contributed by atoms with Crippen molar-refractivity contribution >= 4 is 17.4 Å². The van der Waals surface area contributed by atoms with Gasteiger partial charge in [0.2, 0.25) is 0 Å². The third-order valence-corrected chi connectivity index (χ3v) is 2.85. The van der Waals surface area contributed by atoms with Gasteiger partial charge in [-0.2, -0.15) is 0 Å². The van der Waals surface area contributed by atoms with Crippen molar-refractivity contribution in [3.05, 3.63) is 34.9 Å². The Balaban J connectivity index is 2.79. The van der Waals surface area contributed by atoms with Crippen molar-refractivity contribution in [2.24, 2.45) is 0 Å². The van der Waals surface area contributed by atoms with Gasteiger partial charge in [0, 0.05) is 17.1 Å². The highest BCUT2D eigenvalue weighted by atomic mass is 35.5. The first-order valence-corrected chi connectivity index (χ1v) is 6.18. The Hall–Kier alpha value is -0.860. The van der Waals surface area contributed by atoms with Crippen LogP contribution in [0.4, 0.5) is 0 Å². The summed E-state index contributed by atoms with van der Waals surface area (Å²) >= 11 is 5.85. The summed E-state index contributed by atoms with van der Waals surface area (Å²) in [5.74, 6) is 0.0653. The average molecular weight is 254 g/mol. The zero-order chi connectivity index (χ0) is 13.1. The molecule has 1 unspecified atom stereocenters. The summed E-state index contributed by atoms with van der Waals surface area (Å²) in [5.41, 5.74) is 1.03. The van der Waals surface area contributed by atoms with Crippen molar-refractivity contribution < 1.29 is 4.79 Å². The number of nitrogens with one attached hydrogen (secondary N) is 1. The number of carbonyl (C=O) groups is 1. The Bertz CT molecular complexity index is 378. The van der Waals surface area contributed by atoms with Crippen molar-refractivity contribution in [1.82, 2.24) is 5.32 Å². The molecular weight excluding hydrogens is 234 g/mol. The summed E-state index contributed by atoms with van der Waals surface area (Å²) in [6, 6.07) is 7.48. The van der Waals surface area contributed by atoms with Crippen LogP contribution in [0.5, 0.6) is 0 Å². The van der Waals surface area contributed by atoms with Crippen LogP contribution in [0.1, 0.15) is 39.2 Å². The predicted molar refractivity (Wildman–Crippen MR) is 72.6 cm³/mol. The Morgan fingerprint density at radius 3 is 2.24 bits per heavy atom. The number of rotatable bonds is 4. The van der Waals surface area contributed by atoms with Crippen LogP contribution in [-0.4, -0.2) is 17.9 Å². The molecule has 1 atom stereocenters. The Morgan fingerprint density at radius 2 is 1.82 bits per heavy atom. The smallest absolute Gasteiger partial charge is 0.138 e. The van der Waals surface area contributed by atoms with Crippen molar-refractivity contribution in [3.63, 3.8) is 0 Å². The number of ketones is 1. The molecule has 17 heavy (non-hydrogen) atoms. The molecule has 0 radical (unpaired) electrons. The topological polar surface area (TPSA) is 29.1 Å². The fraction of sp³-hybridized carbons (Fsp3) is 0.500. The summed E-state index contributed by atoms with van der Waals surface area (Å²) in [6.45, 7) is 8.55. The van der Waals surface area contributed by atoms with Crippen LogP contribution in [0.2, 0.25) is 5.02 Å². The van der Waals surface area contributed by atoms with Crippen LogP contribution < -0.4 is 5.32 Å². The van der Waals surface area contributed by atoms with E-state index in [9.17, 15) is 4.79 Å². The van der Waals surface area contributed by atoms with Crippen LogP contribution >= 0.6 is 11.6 Å². The lowest BCUT2D eigenvalue weighted by atomic mass is 9.94. The first-order chi connectivity index (χ1) is 7.79.